The SMILES string of the molecule is CC1(C)Oc2ccc(C(=O)N3CCCC(O)C3)cc2NC1=O. The number of fused-ring (bicyclic) bond motifs is 1. The summed E-state index contributed by atoms with van der Waals surface area (Å²) in [6, 6.07) is 5.02. The van der Waals surface area contributed by atoms with E-state index in [0.717, 1.165) is 12.8 Å². The molecular formula is C16H20N2O4. The van der Waals surface area contributed by atoms with Crippen molar-refractivity contribution in [2.45, 2.75) is 38.4 Å². The lowest BCUT2D eigenvalue weighted by Crippen LogP contribution is -2.46. The summed E-state index contributed by atoms with van der Waals surface area (Å²) in [5, 5.41) is 12.5. The Hall–Kier alpha value is -2.08. The van der Waals surface area contributed by atoms with Gasteiger partial charge in [-0.1, -0.05) is 0 Å². The number of piperidine rings is 1. The molecule has 22 heavy (non-hydrogen) atoms. The average molecular weight is 304 g/mol. The van der Waals surface area contributed by atoms with E-state index in [4.69, 9.17) is 4.74 Å². The van der Waals surface area contributed by atoms with Gasteiger partial charge in [-0.15, -0.1) is 0 Å². The first kappa shape index (κ1) is 14.8. The van der Waals surface area contributed by atoms with Crippen LogP contribution in [-0.4, -0.2) is 46.6 Å². The summed E-state index contributed by atoms with van der Waals surface area (Å²) in [6.45, 7) is 4.38. The second-order valence-electron chi connectivity index (χ2n) is 6.32. The second kappa shape index (κ2) is 5.28. The standard InChI is InChI=1S/C16H20N2O4/c1-16(2)15(21)17-12-8-10(5-6-13(12)22-16)14(20)18-7-3-4-11(19)9-18/h5-6,8,11,19H,3-4,7,9H2,1-2H3,(H,17,21). The molecule has 2 N–H and O–H groups in total. The molecule has 2 amide bonds. The number of rotatable bonds is 1. The molecule has 1 aromatic carbocycles. The molecule has 0 spiro atoms. The van der Waals surface area contributed by atoms with Gasteiger partial charge in [0.2, 0.25) is 0 Å². The predicted octanol–water partition coefficient (Wildman–Crippen LogP) is 1.39. The van der Waals surface area contributed by atoms with E-state index in [9.17, 15) is 14.7 Å². The Morgan fingerprint density at radius 1 is 1.45 bits per heavy atom. The van der Waals surface area contributed by atoms with Gasteiger partial charge in [0, 0.05) is 18.7 Å². The van der Waals surface area contributed by atoms with Gasteiger partial charge in [0.25, 0.3) is 11.8 Å². The highest BCUT2D eigenvalue weighted by Crippen LogP contribution is 2.34. The first-order chi connectivity index (χ1) is 10.4. The van der Waals surface area contributed by atoms with Crippen LogP contribution in [0.15, 0.2) is 18.2 Å². The van der Waals surface area contributed by atoms with Crippen molar-refractivity contribution in [1.82, 2.24) is 4.90 Å². The normalized spacial score (nSPS) is 23.3. The van der Waals surface area contributed by atoms with Crippen LogP contribution in [0.1, 0.15) is 37.0 Å². The van der Waals surface area contributed by atoms with Gasteiger partial charge in [-0.05, 0) is 44.9 Å². The molecule has 1 unspecified atom stereocenters. The van der Waals surface area contributed by atoms with Crippen LogP contribution >= 0.6 is 0 Å². The van der Waals surface area contributed by atoms with Gasteiger partial charge in [0.1, 0.15) is 5.75 Å². The third kappa shape index (κ3) is 2.66. The maximum absolute atomic E-state index is 12.5. The molecule has 6 heteroatoms. The number of benzene rings is 1. The summed E-state index contributed by atoms with van der Waals surface area (Å²) in [5.74, 6) is 0.179. The fourth-order valence-corrected chi connectivity index (χ4v) is 2.77. The highest BCUT2D eigenvalue weighted by atomic mass is 16.5. The molecule has 1 atom stereocenters. The molecule has 1 aromatic rings. The molecule has 2 aliphatic rings. The minimum Gasteiger partial charge on any atom is -0.476 e. The number of aliphatic hydroxyl groups excluding tert-OH is 1. The third-order valence-corrected chi connectivity index (χ3v) is 4.07. The number of β-amino-alcohol motifs (C(OH)–C–C–N with tert-alkyl or cyclic N) is 1. The molecule has 0 aromatic heterocycles. The van der Waals surface area contributed by atoms with Gasteiger partial charge in [-0.2, -0.15) is 0 Å². The molecular weight excluding hydrogens is 284 g/mol. The molecule has 0 bridgehead atoms. The molecule has 0 radical (unpaired) electrons. The highest BCUT2D eigenvalue weighted by Gasteiger charge is 2.35. The number of aliphatic hydroxyl groups is 1. The van der Waals surface area contributed by atoms with Crippen molar-refractivity contribution < 1.29 is 19.4 Å². The van der Waals surface area contributed by atoms with E-state index in [1.165, 1.54) is 0 Å². The van der Waals surface area contributed by atoms with Crippen LogP contribution in [-0.2, 0) is 4.79 Å². The zero-order valence-electron chi connectivity index (χ0n) is 12.8. The number of amides is 2. The lowest BCUT2D eigenvalue weighted by atomic mass is 10.0. The quantitative estimate of drug-likeness (QED) is 0.822. The lowest BCUT2D eigenvalue weighted by molar-refractivity contribution is -0.129. The third-order valence-electron chi connectivity index (χ3n) is 4.07. The maximum Gasteiger partial charge on any atom is 0.268 e. The molecule has 0 aliphatic carbocycles. The maximum atomic E-state index is 12.5. The minimum atomic E-state index is -0.921. The van der Waals surface area contributed by atoms with Crippen LogP contribution in [0, 0.1) is 0 Å². The van der Waals surface area contributed by atoms with Crippen molar-refractivity contribution in [2.75, 3.05) is 18.4 Å². The summed E-state index contributed by atoms with van der Waals surface area (Å²) in [4.78, 5) is 26.1. The van der Waals surface area contributed by atoms with E-state index in [0.29, 0.717) is 30.1 Å². The molecule has 1 saturated heterocycles. The lowest BCUT2D eigenvalue weighted by Gasteiger charge is -2.33. The van der Waals surface area contributed by atoms with Gasteiger partial charge in [0.15, 0.2) is 5.60 Å². The Balaban J connectivity index is 1.83. The fraction of sp³-hybridized carbons (Fsp3) is 0.500. The minimum absolute atomic E-state index is 0.138. The van der Waals surface area contributed by atoms with Crippen molar-refractivity contribution in [2.24, 2.45) is 0 Å². The van der Waals surface area contributed by atoms with E-state index in [2.05, 4.69) is 5.32 Å². The number of carbonyl (C=O) groups excluding carboxylic acids is 2. The van der Waals surface area contributed by atoms with Crippen molar-refractivity contribution in [1.29, 1.82) is 0 Å². The van der Waals surface area contributed by atoms with Crippen molar-refractivity contribution >= 4 is 17.5 Å². The van der Waals surface area contributed by atoms with Crippen LogP contribution < -0.4 is 10.1 Å². The van der Waals surface area contributed by atoms with Crippen LogP contribution in [0.3, 0.4) is 0 Å². The fourth-order valence-electron chi connectivity index (χ4n) is 2.77. The Bertz CT molecular complexity index is 627. The number of hydrogen-bond acceptors (Lipinski definition) is 4. The molecule has 3 rings (SSSR count). The van der Waals surface area contributed by atoms with Gasteiger partial charge in [-0.25, -0.2) is 0 Å². The van der Waals surface area contributed by atoms with Crippen LogP contribution in [0.2, 0.25) is 0 Å². The number of likely N-dealkylation sites (tertiary alicyclic amines) is 1. The summed E-state index contributed by atoms with van der Waals surface area (Å²) in [6.07, 6.45) is 1.07. The van der Waals surface area contributed by atoms with Crippen LogP contribution in [0.5, 0.6) is 5.75 Å². The Kier molecular flexibility index (Phi) is 3.56. The summed E-state index contributed by atoms with van der Waals surface area (Å²) < 4.78 is 5.65. The molecule has 0 saturated carbocycles. The largest absolute Gasteiger partial charge is 0.476 e. The van der Waals surface area contributed by atoms with Crippen molar-refractivity contribution in [3.05, 3.63) is 23.8 Å². The Morgan fingerprint density at radius 2 is 2.23 bits per heavy atom. The zero-order valence-corrected chi connectivity index (χ0v) is 12.8. The second-order valence-corrected chi connectivity index (χ2v) is 6.32. The molecule has 118 valence electrons. The van der Waals surface area contributed by atoms with Crippen molar-refractivity contribution in [3.8, 4) is 5.75 Å². The number of nitrogens with zero attached hydrogens (tertiary/aromatic N) is 1. The first-order valence-corrected chi connectivity index (χ1v) is 7.49. The molecule has 2 aliphatic heterocycles. The van der Waals surface area contributed by atoms with Crippen LogP contribution in [0.25, 0.3) is 0 Å². The van der Waals surface area contributed by atoms with E-state index >= 15 is 0 Å². The molecule has 2 heterocycles. The van der Waals surface area contributed by atoms with E-state index in [1.807, 2.05) is 0 Å². The van der Waals surface area contributed by atoms with Gasteiger partial charge < -0.3 is 20.1 Å². The van der Waals surface area contributed by atoms with Gasteiger partial charge in [-0.3, -0.25) is 9.59 Å². The van der Waals surface area contributed by atoms with Crippen molar-refractivity contribution in [3.63, 3.8) is 0 Å². The van der Waals surface area contributed by atoms with Crippen LogP contribution in [0.4, 0.5) is 5.69 Å². The van der Waals surface area contributed by atoms with Gasteiger partial charge >= 0.3 is 0 Å². The monoisotopic (exact) mass is 304 g/mol. The zero-order chi connectivity index (χ0) is 15.9. The summed E-state index contributed by atoms with van der Waals surface area (Å²) in [5.41, 5.74) is 0.0689. The smallest absolute Gasteiger partial charge is 0.268 e. The summed E-state index contributed by atoms with van der Waals surface area (Å²) >= 11 is 0. The van der Waals surface area contributed by atoms with E-state index in [1.54, 1.807) is 36.9 Å². The molecule has 6 nitrogen and oxygen atoms in total. The predicted molar refractivity (Wildman–Crippen MR) is 80.9 cm³/mol. The topological polar surface area (TPSA) is 78.9 Å². The first-order valence-electron chi connectivity index (χ1n) is 7.49. The van der Waals surface area contributed by atoms with E-state index in [-0.39, 0.29) is 11.8 Å². The number of hydrogen-bond donors (Lipinski definition) is 2. The number of carbonyl (C=O) groups is 2. The Morgan fingerprint density at radius 3 is 2.95 bits per heavy atom. The number of ether oxygens (including phenoxy) is 1. The molecule has 1 fully saturated rings. The number of anilines is 1. The average Bonchev–Trinajstić information content (AvgIpc) is 2.47. The summed E-state index contributed by atoms with van der Waals surface area (Å²) in [7, 11) is 0. The Labute approximate surface area is 129 Å². The highest BCUT2D eigenvalue weighted by molar-refractivity contribution is 6.02. The van der Waals surface area contributed by atoms with E-state index < -0.39 is 11.7 Å². The number of nitrogens with one attached hydrogen (secondary N) is 1. The van der Waals surface area contributed by atoms with Gasteiger partial charge in [0.05, 0.1) is 11.8 Å².